The lowest BCUT2D eigenvalue weighted by atomic mass is 9.61. The number of halogens is 2. The van der Waals surface area contributed by atoms with Gasteiger partial charge in [-0.2, -0.15) is 0 Å². The summed E-state index contributed by atoms with van der Waals surface area (Å²) in [5.74, 6) is -0.256. The molecule has 3 fully saturated rings. The largest absolute Gasteiger partial charge is 0.481 e. The molecule has 2 bridgehead atoms. The molecule has 2 unspecified atom stereocenters. The van der Waals surface area contributed by atoms with Gasteiger partial charge in [-0.25, -0.2) is 18.7 Å². The van der Waals surface area contributed by atoms with Gasteiger partial charge in [0, 0.05) is 40.9 Å². The maximum Gasteiger partial charge on any atom is 0.308 e. The van der Waals surface area contributed by atoms with E-state index in [-0.39, 0.29) is 29.2 Å². The van der Waals surface area contributed by atoms with E-state index in [1.165, 1.54) is 6.07 Å². The maximum absolute atomic E-state index is 14.5. The van der Waals surface area contributed by atoms with Gasteiger partial charge in [0.05, 0.1) is 17.1 Å². The third-order valence-corrected chi connectivity index (χ3v) is 8.62. The van der Waals surface area contributed by atoms with E-state index in [1.54, 1.807) is 12.3 Å². The van der Waals surface area contributed by atoms with Crippen molar-refractivity contribution >= 4 is 22.7 Å². The standard InChI is InChI=1S/C33H28F2N4O3/c34-21-14-24-25(17-36-31(24)26(35)15-21)32-37-27(18-10-12-23(13-11-18)42-22-4-2-1-3-5-22)16-28(39-32)38-30-20-8-6-19(7-9-20)29(30)33(40)41/h1-5,10-17,19-20,29-30,36H,6-9H2,(H,40,41)(H,37,38,39). The second kappa shape index (κ2) is 10.6. The summed E-state index contributed by atoms with van der Waals surface area (Å²) in [4.78, 5) is 24.7. The SMILES string of the molecule is O=C(O)C1C2CCC(CC2)C1Nc1cc(-c2ccc(Oc3ccccc3)cc2)nc(-c2c[nH]c3c(F)cc(F)cc23)n1. The Morgan fingerprint density at radius 1 is 0.905 bits per heavy atom. The van der Waals surface area contributed by atoms with Crippen LogP contribution in [0.25, 0.3) is 33.5 Å². The highest BCUT2D eigenvalue weighted by Gasteiger charge is 2.47. The monoisotopic (exact) mass is 566 g/mol. The van der Waals surface area contributed by atoms with Gasteiger partial charge in [0.25, 0.3) is 0 Å². The fourth-order valence-corrected chi connectivity index (χ4v) is 6.63. The van der Waals surface area contributed by atoms with Crippen LogP contribution in [0.4, 0.5) is 14.6 Å². The van der Waals surface area contributed by atoms with Crippen LogP contribution in [0.3, 0.4) is 0 Å². The van der Waals surface area contributed by atoms with Gasteiger partial charge in [0.2, 0.25) is 0 Å². The smallest absolute Gasteiger partial charge is 0.308 e. The van der Waals surface area contributed by atoms with Crippen molar-refractivity contribution in [2.24, 2.45) is 17.8 Å². The number of ether oxygens (including phenoxy) is 1. The van der Waals surface area contributed by atoms with Gasteiger partial charge in [-0.05, 0) is 80.0 Å². The number of carboxylic acids is 1. The average Bonchev–Trinajstić information content (AvgIpc) is 3.43. The predicted molar refractivity (Wildman–Crippen MR) is 155 cm³/mol. The van der Waals surface area contributed by atoms with E-state index >= 15 is 0 Å². The molecule has 5 aromatic rings. The first-order chi connectivity index (χ1) is 20.4. The molecule has 0 radical (unpaired) electrons. The van der Waals surface area contributed by atoms with E-state index in [1.807, 2.05) is 54.6 Å². The van der Waals surface area contributed by atoms with Crippen LogP contribution in [0.5, 0.6) is 11.5 Å². The molecule has 8 rings (SSSR count). The lowest BCUT2D eigenvalue weighted by Gasteiger charge is -2.47. The zero-order chi connectivity index (χ0) is 28.8. The fourth-order valence-electron chi connectivity index (χ4n) is 6.63. The Balaban J connectivity index is 1.29. The Labute approximate surface area is 240 Å². The quantitative estimate of drug-likeness (QED) is 0.187. The summed E-state index contributed by atoms with van der Waals surface area (Å²) in [6.07, 6.45) is 5.35. The number of aromatic amines is 1. The van der Waals surface area contributed by atoms with Gasteiger partial charge in [0.15, 0.2) is 5.82 Å². The van der Waals surface area contributed by atoms with Gasteiger partial charge in [-0.3, -0.25) is 4.79 Å². The number of nitrogens with zero attached hydrogens (tertiary/aromatic N) is 2. The lowest BCUT2D eigenvalue weighted by molar-refractivity contribution is -0.148. The highest BCUT2D eigenvalue weighted by Crippen LogP contribution is 2.46. The van der Waals surface area contributed by atoms with Gasteiger partial charge in [-0.15, -0.1) is 0 Å². The molecular formula is C33H28F2N4O3. The van der Waals surface area contributed by atoms with Crippen LogP contribution in [-0.2, 0) is 4.79 Å². The number of carboxylic acid groups (broad SMARTS) is 1. The number of nitrogens with one attached hydrogen (secondary N) is 2. The second-order valence-electron chi connectivity index (χ2n) is 11.1. The Bertz CT molecular complexity index is 1770. The van der Waals surface area contributed by atoms with Crippen molar-refractivity contribution in [3.63, 3.8) is 0 Å². The summed E-state index contributed by atoms with van der Waals surface area (Å²) in [5.41, 5.74) is 1.96. The number of fused-ring (bicyclic) bond motifs is 4. The van der Waals surface area contributed by atoms with Crippen LogP contribution in [0, 0.1) is 29.4 Å². The van der Waals surface area contributed by atoms with E-state index in [9.17, 15) is 18.7 Å². The molecule has 3 N–H and O–H groups in total. The molecule has 9 heteroatoms. The van der Waals surface area contributed by atoms with Gasteiger partial charge in [-0.1, -0.05) is 18.2 Å². The van der Waals surface area contributed by atoms with E-state index in [0.717, 1.165) is 43.1 Å². The number of hydrogen-bond donors (Lipinski definition) is 3. The molecule has 2 heterocycles. The normalized spacial score (nSPS) is 21.4. The van der Waals surface area contributed by atoms with Gasteiger partial charge < -0.3 is 20.1 Å². The summed E-state index contributed by atoms with van der Waals surface area (Å²) < 4.78 is 34.7. The molecule has 0 amide bonds. The van der Waals surface area contributed by atoms with Crippen LogP contribution in [0.2, 0.25) is 0 Å². The summed E-state index contributed by atoms with van der Waals surface area (Å²) in [7, 11) is 0. The minimum absolute atomic E-state index is 0.127. The maximum atomic E-state index is 14.5. The fraction of sp³-hybridized carbons (Fsp3) is 0.242. The summed E-state index contributed by atoms with van der Waals surface area (Å²) in [6, 6.07) is 20.5. The number of carbonyl (C=O) groups is 1. The molecule has 0 spiro atoms. The number of aliphatic carboxylic acids is 1. The van der Waals surface area contributed by atoms with E-state index < -0.39 is 23.5 Å². The molecular weight excluding hydrogens is 538 g/mol. The Morgan fingerprint density at radius 2 is 1.62 bits per heavy atom. The third-order valence-electron chi connectivity index (χ3n) is 8.62. The van der Waals surface area contributed by atoms with Crippen molar-refractivity contribution in [2.45, 2.75) is 31.7 Å². The highest BCUT2D eigenvalue weighted by molar-refractivity contribution is 5.94. The summed E-state index contributed by atoms with van der Waals surface area (Å²) in [5, 5.41) is 13.9. The summed E-state index contributed by atoms with van der Waals surface area (Å²) >= 11 is 0. The predicted octanol–water partition coefficient (Wildman–Crippen LogP) is 7.66. The van der Waals surface area contributed by atoms with E-state index in [2.05, 4.69) is 10.3 Å². The van der Waals surface area contributed by atoms with Crippen molar-refractivity contribution < 1.29 is 23.4 Å². The first-order valence-corrected chi connectivity index (χ1v) is 14.1. The average molecular weight is 567 g/mol. The van der Waals surface area contributed by atoms with Gasteiger partial charge >= 0.3 is 5.97 Å². The lowest BCUT2D eigenvalue weighted by Crippen LogP contribution is -2.51. The van der Waals surface area contributed by atoms with Crippen LogP contribution in [0.1, 0.15) is 25.7 Å². The Morgan fingerprint density at radius 3 is 2.36 bits per heavy atom. The molecule has 3 aliphatic rings. The minimum atomic E-state index is -0.798. The van der Waals surface area contributed by atoms with Gasteiger partial charge in [0.1, 0.15) is 29.0 Å². The molecule has 3 aliphatic carbocycles. The van der Waals surface area contributed by atoms with Crippen molar-refractivity contribution in [1.29, 1.82) is 0 Å². The number of para-hydroxylation sites is 1. The topological polar surface area (TPSA) is 100 Å². The third kappa shape index (κ3) is 4.85. The molecule has 7 nitrogen and oxygen atoms in total. The summed E-state index contributed by atoms with van der Waals surface area (Å²) in [6.45, 7) is 0. The van der Waals surface area contributed by atoms with Crippen molar-refractivity contribution in [1.82, 2.24) is 15.0 Å². The molecule has 3 saturated carbocycles. The number of aromatic nitrogens is 3. The number of H-pyrrole nitrogens is 1. The number of anilines is 1. The molecule has 42 heavy (non-hydrogen) atoms. The molecule has 2 atom stereocenters. The van der Waals surface area contributed by atoms with Crippen molar-refractivity contribution in [3.05, 3.63) is 90.6 Å². The molecule has 2 aromatic heterocycles. The number of benzene rings is 3. The van der Waals surface area contributed by atoms with Crippen LogP contribution < -0.4 is 10.1 Å². The van der Waals surface area contributed by atoms with Crippen molar-refractivity contribution in [2.75, 3.05) is 5.32 Å². The molecule has 0 saturated heterocycles. The first-order valence-electron chi connectivity index (χ1n) is 14.1. The van der Waals surface area contributed by atoms with Crippen LogP contribution in [0.15, 0.2) is 79.0 Å². The molecule has 212 valence electrons. The Kier molecular flexibility index (Phi) is 6.57. The minimum Gasteiger partial charge on any atom is -0.481 e. The number of rotatable bonds is 7. The first kappa shape index (κ1) is 26.1. The van der Waals surface area contributed by atoms with Crippen LogP contribution >= 0.6 is 0 Å². The molecule has 0 aliphatic heterocycles. The van der Waals surface area contributed by atoms with Crippen LogP contribution in [-0.4, -0.2) is 32.1 Å². The second-order valence-corrected chi connectivity index (χ2v) is 11.1. The zero-order valence-electron chi connectivity index (χ0n) is 22.6. The van der Waals surface area contributed by atoms with Crippen molar-refractivity contribution in [3.8, 4) is 34.1 Å². The Hall–Kier alpha value is -4.79. The van der Waals surface area contributed by atoms with E-state index in [4.69, 9.17) is 14.7 Å². The highest BCUT2D eigenvalue weighted by atomic mass is 19.1. The molecule has 3 aromatic carbocycles. The zero-order valence-corrected chi connectivity index (χ0v) is 22.6. The van der Waals surface area contributed by atoms with E-state index in [0.29, 0.717) is 28.2 Å². The number of hydrogen-bond acceptors (Lipinski definition) is 5.